The Morgan fingerprint density at radius 2 is 2.06 bits per heavy atom. The molecule has 0 saturated carbocycles. The minimum absolute atomic E-state index is 0.310. The van der Waals surface area contributed by atoms with E-state index in [1.54, 1.807) is 0 Å². The maximum absolute atomic E-state index is 5.33. The van der Waals surface area contributed by atoms with Crippen LogP contribution in [-0.4, -0.2) is 11.9 Å². The number of nitrogens with one attached hydrogen (secondary N) is 1. The summed E-state index contributed by atoms with van der Waals surface area (Å²) in [5.74, 6) is 2.45. The number of hydrogen-bond donors (Lipinski definition) is 1. The molecule has 2 aromatic rings. The molecule has 5 nitrogen and oxygen atoms in total. The summed E-state index contributed by atoms with van der Waals surface area (Å²) in [4.78, 5) is 0. The van der Waals surface area contributed by atoms with Gasteiger partial charge < -0.3 is 19.3 Å². The van der Waals surface area contributed by atoms with Gasteiger partial charge in [-0.15, -0.1) is 0 Å². The number of ether oxygens (including phenoxy) is 2. The van der Waals surface area contributed by atoms with Crippen molar-refractivity contribution in [3.8, 4) is 11.5 Å². The van der Waals surface area contributed by atoms with Crippen molar-refractivity contribution < 1.29 is 14.0 Å². The van der Waals surface area contributed by atoms with Crippen LogP contribution in [0, 0.1) is 6.92 Å². The molecule has 2 heterocycles. The van der Waals surface area contributed by atoms with Crippen molar-refractivity contribution in [1.82, 2.24) is 10.5 Å². The first kappa shape index (κ1) is 11.1. The molecule has 5 heteroatoms. The van der Waals surface area contributed by atoms with E-state index in [0.717, 1.165) is 35.1 Å². The van der Waals surface area contributed by atoms with Gasteiger partial charge in [-0.1, -0.05) is 11.2 Å². The SMILES string of the molecule is Cc1cc(CNCc2ccc3c(c2)OCO3)no1. The second kappa shape index (κ2) is 4.70. The van der Waals surface area contributed by atoms with Gasteiger partial charge in [-0.3, -0.25) is 0 Å². The number of nitrogens with zero attached hydrogens (tertiary/aromatic N) is 1. The highest BCUT2D eigenvalue weighted by Gasteiger charge is 2.12. The average Bonchev–Trinajstić information content (AvgIpc) is 2.97. The van der Waals surface area contributed by atoms with Crippen LogP contribution in [-0.2, 0) is 13.1 Å². The lowest BCUT2D eigenvalue weighted by molar-refractivity contribution is 0.174. The largest absolute Gasteiger partial charge is 0.454 e. The van der Waals surface area contributed by atoms with Gasteiger partial charge in [-0.2, -0.15) is 0 Å². The van der Waals surface area contributed by atoms with Crippen LogP contribution in [0.5, 0.6) is 11.5 Å². The normalized spacial score (nSPS) is 12.9. The Hall–Kier alpha value is -2.01. The monoisotopic (exact) mass is 246 g/mol. The first-order valence-electron chi connectivity index (χ1n) is 5.83. The minimum atomic E-state index is 0.310. The van der Waals surface area contributed by atoms with Crippen LogP contribution in [0.3, 0.4) is 0 Å². The summed E-state index contributed by atoms with van der Waals surface area (Å²) in [6.45, 7) is 3.63. The molecule has 0 bridgehead atoms. The molecule has 0 atom stereocenters. The van der Waals surface area contributed by atoms with Crippen LogP contribution in [0.1, 0.15) is 17.0 Å². The molecule has 0 unspecified atom stereocenters. The molecule has 0 spiro atoms. The molecular weight excluding hydrogens is 232 g/mol. The van der Waals surface area contributed by atoms with Crippen LogP contribution in [0.4, 0.5) is 0 Å². The summed E-state index contributed by atoms with van der Waals surface area (Å²) in [6.07, 6.45) is 0. The molecule has 0 saturated heterocycles. The molecule has 1 aliphatic heterocycles. The van der Waals surface area contributed by atoms with Gasteiger partial charge >= 0.3 is 0 Å². The van der Waals surface area contributed by atoms with Gasteiger partial charge in [0.1, 0.15) is 5.76 Å². The Labute approximate surface area is 105 Å². The van der Waals surface area contributed by atoms with E-state index in [1.165, 1.54) is 0 Å². The van der Waals surface area contributed by atoms with E-state index in [-0.39, 0.29) is 0 Å². The Kier molecular flexibility index (Phi) is 2.90. The number of aryl methyl sites for hydroxylation is 1. The van der Waals surface area contributed by atoms with E-state index >= 15 is 0 Å². The zero-order chi connectivity index (χ0) is 12.4. The highest BCUT2D eigenvalue weighted by atomic mass is 16.7. The Bertz CT molecular complexity index is 551. The van der Waals surface area contributed by atoms with Crippen LogP contribution >= 0.6 is 0 Å². The molecule has 1 aromatic heterocycles. The van der Waals surface area contributed by atoms with E-state index in [2.05, 4.69) is 10.5 Å². The maximum atomic E-state index is 5.33. The average molecular weight is 246 g/mol. The maximum Gasteiger partial charge on any atom is 0.231 e. The van der Waals surface area contributed by atoms with E-state index < -0.39 is 0 Å². The molecular formula is C13H14N2O3. The molecule has 94 valence electrons. The van der Waals surface area contributed by atoms with Crippen molar-refractivity contribution in [2.24, 2.45) is 0 Å². The molecule has 1 aliphatic rings. The van der Waals surface area contributed by atoms with Crippen molar-refractivity contribution in [3.63, 3.8) is 0 Å². The molecule has 1 aromatic carbocycles. The lowest BCUT2D eigenvalue weighted by Crippen LogP contribution is -2.12. The Balaban J connectivity index is 1.57. The topological polar surface area (TPSA) is 56.5 Å². The Morgan fingerprint density at radius 1 is 1.17 bits per heavy atom. The van der Waals surface area contributed by atoms with Crippen molar-refractivity contribution in [2.45, 2.75) is 20.0 Å². The minimum Gasteiger partial charge on any atom is -0.454 e. The van der Waals surface area contributed by atoms with E-state index in [1.807, 2.05) is 31.2 Å². The number of rotatable bonds is 4. The van der Waals surface area contributed by atoms with E-state index in [9.17, 15) is 0 Å². The summed E-state index contributed by atoms with van der Waals surface area (Å²) < 4.78 is 15.6. The predicted octanol–water partition coefficient (Wildman–Crippen LogP) is 2.00. The van der Waals surface area contributed by atoms with Crippen LogP contribution < -0.4 is 14.8 Å². The van der Waals surface area contributed by atoms with Gasteiger partial charge in [0.25, 0.3) is 0 Å². The van der Waals surface area contributed by atoms with Crippen LogP contribution in [0.15, 0.2) is 28.8 Å². The first-order valence-corrected chi connectivity index (χ1v) is 5.83. The van der Waals surface area contributed by atoms with Gasteiger partial charge in [0, 0.05) is 19.2 Å². The highest BCUT2D eigenvalue weighted by Crippen LogP contribution is 2.32. The van der Waals surface area contributed by atoms with Crippen LogP contribution in [0.25, 0.3) is 0 Å². The van der Waals surface area contributed by atoms with E-state index in [4.69, 9.17) is 14.0 Å². The zero-order valence-electron chi connectivity index (χ0n) is 10.1. The van der Waals surface area contributed by atoms with Gasteiger partial charge in [0.15, 0.2) is 11.5 Å². The third-order valence-corrected chi connectivity index (χ3v) is 2.75. The number of fused-ring (bicyclic) bond motifs is 1. The number of hydrogen-bond acceptors (Lipinski definition) is 5. The number of benzene rings is 1. The van der Waals surface area contributed by atoms with Crippen molar-refractivity contribution in [2.75, 3.05) is 6.79 Å². The molecule has 3 rings (SSSR count). The fourth-order valence-corrected chi connectivity index (χ4v) is 1.89. The molecule has 0 fully saturated rings. The van der Waals surface area contributed by atoms with Gasteiger partial charge in [-0.05, 0) is 24.6 Å². The molecule has 0 amide bonds. The summed E-state index contributed by atoms with van der Waals surface area (Å²) in [6, 6.07) is 7.87. The second-order valence-electron chi connectivity index (χ2n) is 4.22. The molecule has 0 aliphatic carbocycles. The van der Waals surface area contributed by atoms with Gasteiger partial charge in [-0.25, -0.2) is 0 Å². The van der Waals surface area contributed by atoms with Crippen LogP contribution in [0.2, 0.25) is 0 Å². The fraction of sp³-hybridized carbons (Fsp3) is 0.308. The highest BCUT2D eigenvalue weighted by molar-refractivity contribution is 5.44. The third kappa shape index (κ3) is 2.31. The summed E-state index contributed by atoms with van der Waals surface area (Å²) in [5.41, 5.74) is 2.06. The quantitative estimate of drug-likeness (QED) is 0.894. The lowest BCUT2D eigenvalue weighted by atomic mass is 10.2. The van der Waals surface area contributed by atoms with Crippen molar-refractivity contribution >= 4 is 0 Å². The predicted molar refractivity (Wildman–Crippen MR) is 64.3 cm³/mol. The van der Waals surface area contributed by atoms with E-state index in [0.29, 0.717) is 13.3 Å². The second-order valence-corrected chi connectivity index (χ2v) is 4.22. The summed E-state index contributed by atoms with van der Waals surface area (Å²) >= 11 is 0. The molecule has 0 radical (unpaired) electrons. The first-order chi connectivity index (χ1) is 8.81. The van der Waals surface area contributed by atoms with Crippen molar-refractivity contribution in [1.29, 1.82) is 0 Å². The summed E-state index contributed by atoms with van der Waals surface area (Å²) in [5, 5.41) is 7.23. The van der Waals surface area contributed by atoms with Crippen molar-refractivity contribution in [3.05, 3.63) is 41.3 Å². The fourth-order valence-electron chi connectivity index (χ4n) is 1.89. The van der Waals surface area contributed by atoms with Gasteiger partial charge in [0.05, 0.1) is 5.69 Å². The third-order valence-electron chi connectivity index (χ3n) is 2.75. The molecule has 18 heavy (non-hydrogen) atoms. The number of aromatic nitrogens is 1. The summed E-state index contributed by atoms with van der Waals surface area (Å²) in [7, 11) is 0. The van der Waals surface area contributed by atoms with Gasteiger partial charge in [0.2, 0.25) is 6.79 Å². The lowest BCUT2D eigenvalue weighted by Gasteiger charge is -2.04. The molecule has 1 N–H and O–H groups in total. The zero-order valence-corrected chi connectivity index (χ0v) is 10.1. The standard InChI is InChI=1S/C13H14N2O3/c1-9-4-11(15-18-9)7-14-6-10-2-3-12-13(5-10)17-8-16-12/h2-5,14H,6-8H2,1H3. The smallest absolute Gasteiger partial charge is 0.231 e. The Morgan fingerprint density at radius 3 is 2.89 bits per heavy atom.